The highest BCUT2D eigenvalue weighted by molar-refractivity contribution is 7.91. The van der Waals surface area contributed by atoms with Gasteiger partial charge in [-0.25, -0.2) is 13.4 Å². The van der Waals surface area contributed by atoms with Crippen molar-refractivity contribution in [1.82, 2.24) is 19.9 Å². The zero-order valence-corrected chi connectivity index (χ0v) is 32.6. The number of hydrogen-bond donors (Lipinski definition) is 3. The van der Waals surface area contributed by atoms with Gasteiger partial charge >= 0.3 is 5.97 Å². The minimum absolute atomic E-state index is 0.0565. The summed E-state index contributed by atoms with van der Waals surface area (Å²) in [6, 6.07) is 3.93. The number of benzene rings is 1. The van der Waals surface area contributed by atoms with Crippen molar-refractivity contribution in [2.24, 2.45) is 11.8 Å². The van der Waals surface area contributed by atoms with Gasteiger partial charge < -0.3 is 24.8 Å². The minimum Gasteiger partial charge on any atom is -0.508 e. The lowest BCUT2D eigenvalue weighted by Crippen LogP contribution is -2.57. The molecule has 54 heavy (non-hydrogen) atoms. The van der Waals surface area contributed by atoms with Crippen molar-refractivity contribution >= 4 is 44.6 Å². The fraction of sp³-hybridized carbons (Fsp3) is 0.625. The van der Waals surface area contributed by atoms with Crippen molar-refractivity contribution in [3.05, 3.63) is 41.6 Å². The SMILES string of the molecule is Cc1nc2ccc(O)cc2c2c1O[C@]1(CC2)C[C@H]2C(=O)N[C@]3(C(=O)NS(=O)(=O)C4(C)CC4)C[C@H]3/C=C\CCCCC[C@H](CC(=O)OC(C)(C)C)C(=O)N2C1. The predicted molar refractivity (Wildman–Crippen MR) is 200 cm³/mol. The highest BCUT2D eigenvalue weighted by atomic mass is 32.2. The fourth-order valence-corrected chi connectivity index (χ4v) is 9.71. The highest BCUT2D eigenvalue weighted by Gasteiger charge is 2.64. The Kier molecular flexibility index (Phi) is 9.54. The number of pyridine rings is 1. The lowest BCUT2D eigenvalue weighted by atomic mass is 9.87. The molecule has 1 aromatic heterocycles. The summed E-state index contributed by atoms with van der Waals surface area (Å²) >= 11 is 0. The second-order valence-electron chi connectivity index (χ2n) is 17.4. The largest absolute Gasteiger partial charge is 0.508 e. The second kappa shape index (κ2) is 13.5. The number of carbonyl (C=O) groups excluding carboxylic acids is 4. The Morgan fingerprint density at radius 2 is 1.89 bits per heavy atom. The summed E-state index contributed by atoms with van der Waals surface area (Å²) in [5, 5.41) is 14.0. The average Bonchev–Trinajstić information content (AvgIpc) is 3.98. The lowest BCUT2D eigenvalue weighted by molar-refractivity contribution is -0.159. The summed E-state index contributed by atoms with van der Waals surface area (Å²) in [6.45, 7) is 8.81. The number of carbonyl (C=O) groups is 4. The van der Waals surface area contributed by atoms with Crippen LogP contribution in [0.4, 0.5) is 0 Å². The first-order chi connectivity index (χ1) is 25.3. The monoisotopic (exact) mass is 764 g/mol. The van der Waals surface area contributed by atoms with Crippen molar-refractivity contribution in [1.29, 1.82) is 0 Å². The Bertz CT molecular complexity index is 2040. The average molecular weight is 765 g/mol. The van der Waals surface area contributed by atoms with Gasteiger partial charge in [-0.15, -0.1) is 0 Å². The summed E-state index contributed by atoms with van der Waals surface area (Å²) in [5.74, 6) is -2.77. The van der Waals surface area contributed by atoms with Gasteiger partial charge in [0.05, 0.1) is 28.9 Å². The number of allylic oxidation sites excluding steroid dienone is 1. The van der Waals surface area contributed by atoms with Crippen LogP contribution in [0.3, 0.4) is 0 Å². The standard InChI is InChI=1S/C40H52N4O9S/c1-24-33-28(29-20-27(45)13-14-30(29)41-24)15-16-39(53-33)22-31-34(47)42-40(36(49)43-54(50,51)38(5)17-18-38)21-26(40)12-10-8-6-7-9-11-25(35(48)44(31)23-39)19-32(46)52-37(2,3)4/h10,12-14,20,25-26,31,45H,6-9,11,15-19,21-23H2,1-5H3,(H,42,47)(H,43,49)/b12-10-/t25-,26-,31+,39-,40-/m1/s1. The van der Waals surface area contributed by atoms with Gasteiger partial charge in [0, 0.05) is 29.2 Å². The predicted octanol–water partition coefficient (Wildman–Crippen LogP) is 4.66. The van der Waals surface area contributed by atoms with Crippen molar-refractivity contribution in [3.63, 3.8) is 0 Å². The molecule has 5 atom stereocenters. The van der Waals surface area contributed by atoms with Crippen LogP contribution in [0.5, 0.6) is 11.5 Å². The second-order valence-corrected chi connectivity index (χ2v) is 19.6. The van der Waals surface area contributed by atoms with Gasteiger partial charge in [0.25, 0.3) is 5.91 Å². The molecule has 0 bridgehead atoms. The number of aryl methyl sites for hydroxylation is 2. The van der Waals surface area contributed by atoms with E-state index in [2.05, 4.69) is 10.0 Å². The van der Waals surface area contributed by atoms with Gasteiger partial charge in [0.1, 0.15) is 34.3 Å². The molecule has 13 nitrogen and oxygen atoms in total. The van der Waals surface area contributed by atoms with E-state index in [1.165, 1.54) is 4.90 Å². The van der Waals surface area contributed by atoms with Crippen LogP contribution in [0.1, 0.15) is 110 Å². The van der Waals surface area contributed by atoms with E-state index in [4.69, 9.17) is 14.5 Å². The molecule has 14 heteroatoms. The molecule has 4 heterocycles. The van der Waals surface area contributed by atoms with Gasteiger partial charge in [-0.3, -0.25) is 23.9 Å². The summed E-state index contributed by atoms with van der Waals surface area (Å²) in [7, 11) is -3.99. The van der Waals surface area contributed by atoms with E-state index in [0.717, 1.165) is 29.3 Å². The number of aromatic nitrogens is 1. The van der Waals surface area contributed by atoms with Crippen molar-refractivity contribution in [2.75, 3.05) is 6.54 Å². The lowest BCUT2D eigenvalue weighted by Gasteiger charge is -2.36. The van der Waals surface area contributed by atoms with E-state index in [1.807, 2.05) is 19.1 Å². The first-order valence-corrected chi connectivity index (χ1v) is 20.7. The maximum atomic E-state index is 14.7. The topological polar surface area (TPSA) is 181 Å². The number of amides is 3. The molecule has 0 unspecified atom stereocenters. The molecule has 1 spiro atoms. The van der Waals surface area contributed by atoms with Gasteiger partial charge in [0.2, 0.25) is 21.8 Å². The smallest absolute Gasteiger partial charge is 0.307 e. The quantitative estimate of drug-likeness (QED) is 0.286. The maximum absolute atomic E-state index is 14.7. The highest BCUT2D eigenvalue weighted by Crippen LogP contribution is 2.49. The van der Waals surface area contributed by atoms with E-state index < -0.39 is 67.2 Å². The summed E-state index contributed by atoms with van der Waals surface area (Å²) < 4.78 is 40.1. The third-order valence-corrected chi connectivity index (χ3v) is 14.1. The molecule has 1 aromatic carbocycles. The van der Waals surface area contributed by atoms with Crippen LogP contribution < -0.4 is 14.8 Å². The maximum Gasteiger partial charge on any atom is 0.307 e. The van der Waals surface area contributed by atoms with Crippen LogP contribution in [0, 0.1) is 18.8 Å². The number of fused-ring (bicyclic) bond motifs is 5. The number of sulfonamides is 1. The van der Waals surface area contributed by atoms with E-state index in [0.29, 0.717) is 56.4 Å². The van der Waals surface area contributed by atoms with Crippen LogP contribution in [-0.2, 0) is 40.4 Å². The fourth-order valence-electron chi connectivity index (χ4n) is 8.40. The number of rotatable bonds is 5. The zero-order valence-electron chi connectivity index (χ0n) is 31.8. The summed E-state index contributed by atoms with van der Waals surface area (Å²) in [6.07, 6.45) is 9.33. The van der Waals surface area contributed by atoms with Crippen molar-refractivity contribution in [2.45, 2.75) is 139 Å². The van der Waals surface area contributed by atoms with Crippen molar-refractivity contribution < 1.29 is 42.2 Å². The normalized spacial score (nSPS) is 30.1. The molecule has 2 saturated carbocycles. The van der Waals surface area contributed by atoms with Crippen LogP contribution in [0.2, 0.25) is 0 Å². The van der Waals surface area contributed by atoms with Gasteiger partial charge in [-0.2, -0.15) is 0 Å². The Morgan fingerprint density at radius 1 is 1.13 bits per heavy atom. The molecule has 2 aromatic rings. The molecule has 1 saturated heterocycles. The summed E-state index contributed by atoms with van der Waals surface area (Å²) in [5.41, 5.74) is -1.01. The number of nitrogens with one attached hydrogen (secondary N) is 2. The molecular weight excluding hydrogens is 713 g/mol. The third-order valence-electron chi connectivity index (χ3n) is 11.9. The number of phenols is 1. The molecule has 7 rings (SSSR count). The van der Waals surface area contributed by atoms with Crippen LogP contribution in [0.15, 0.2) is 30.4 Å². The van der Waals surface area contributed by atoms with Gasteiger partial charge in [-0.05, 0) is 104 Å². The number of aromatic hydroxyl groups is 1. The van der Waals surface area contributed by atoms with E-state index in [9.17, 15) is 32.7 Å². The Labute approximate surface area is 316 Å². The van der Waals surface area contributed by atoms with E-state index in [1.54, 1.807) is 45.9 Å². The number of nitrogens with zero attached hydrogens (tertiary/aromatic N) is 2. The van der Waals surface area contributed by atoms with Crippen LogP contribution >= 0.6 is 0 Å². The van der Waals surface area contributed by atoms with E-state index >= 15 is 0 Å². The summed E-state index contributed by atoms with van der Waals surface area (Å²) in [4.78, 5) is 62.7. The Morgan fingerprint density at radius 3 is 2.61 bits per heavy atom. The first kappa shape index (κ1) is 38.1. The van der Waals surface area contributed by atoms with Crippen LogP contribution in [-0.4, -0.2) is 81.2 Å². The number of ether oxygens (including phenoxy) is 2. The molecule has 3 N–H and O–H groups in total. The molecule has 0 radical (unpaired) electrons. The van der Waals surface area contributed by atoms with Gasteiger partial charge in [-0.1, -0.05) is 25.0 Å². The van der Waals surface area contributed by atoms with Crippen molar-refractivity contribution in [3.8, 4) is 11.5 Å². The van der Waals surface area contributed by atoms with Gasteiger partial charge in [0.15, 0.2) is 0 Å². The molecule has 5 aliphatic rings. The zero-order chi connectivity index (χ0) is 38.8. The first-order valence-electron chi connectivity index (χ1n) is 19.2. The Balaban J connectivity index is 1.24. The molecular formula is C40H52N4O9S. The van der Waals surface area contributed by atoms with Crippen LogP contribution in [0.25, 0.3) is 10.9 Å². The third kappa shape index (κ3) is 7.29. The number of hydrogen-bond acceptors (Lipinski definition) is 10. The van der Waals surface area contributed by atoms with E-state index in [-0.39, 0.29) is 37.5 Å². The molecule has 3 amide bonds. The Hall–Kier alpha value is -4.20. The molecule has 3 fully saturated rings. The minimum atomic E-state index is -3.99. The molecule has 292 valence electrons. The molecule has 3 aliphatic heterocycles. The number of esters is 1. The molecule has 2 aliphatic carbocycles. The number of phenolic OH excluding ortho intramolecular Hbond substituents is 1.